The monoisotopic (exact) mass is 354 g/mol. The van der Waals surface area contributed by atoms with Crippen LogP contribution < -0.4 is 5.32 Å². The van der Waals surface area contributed by atoms with Crippen molar-refractivity contribution in [2.24, 2.45) is 0 Å². The Morgan fingerprint density at radius 1 is 0.840 bits per heavy atom. The number of hydrogen-bond donors (Lipinski definition) is 3. The van der Waals surface area contributed by atoms with Gasteiger partial charge < -0.3 is 15.5 Å². The van der Waals surface area contributed by atoms with Gasteiger partial charge in [-0.3, -0.25) is 4.90 Å². The zero-order chi connectivity index (χ0) is 17.9. The SMILES string of the molecule is CC(O)CNCC(O)CCCCN(C1CCCCC1)C1CCCCC1. The average Bonchev–Trinajstić information content (AvgIpc) is 2.63. The van der Waals surface area contributed by atoms with Gasteiger partial charge in [0.2, 0.25) is 0 Å². The summed E-state index contributed by atoms with van der Waals surface area (Å²) in [5.74, 6) is 0. The summed E-state index contributed by atoms with van der Waals surface area (Å²) >= 11 is 0. The van der Waals surface area contributed by atoms with E-state index in [1.165, 1.54) is 77.2 Å². The number of nitrogens with one attached hydrogen (secondary N) is 1. The minimum atomic E-state index is -0.341. The van der Waals surface area contributed by atoms with Crippen molar-refractivity contribution in [3.05, 3.63) is 0 Å². The molecule has 0 amide bonds. The molecule has 0 aromatic rings. The van der Waals surface area contributed by atoms with E-state index in [1.807, 2.05) is 0 Å². The Balaban J connectivity index is 1.68. The van der Waals surface area contributed by atoms with Crippen molar-refractivity contribution in [1.82, 2.24) is 10.2 Å². The van der Waals surface area contributed by atoms with Gasteiger partial charge in [0.1, 0.15) is 0 Å². The summed E-state index contributed by atoms with van der Waals surface area (Å²) in [5, 5.41) is 22.4. The summed E-state index contributed by atoms with van der Waals surface area (Å²) in [5.41, 5.74) is 0. The topological polar surface area (TPSA) is 55.7 Å². The second-order valence-electron chi connectivity index (χ2n) is 8.48. The van der Waals surface area contributed by atoms with E-state index in [1.54, 1.807) is 6.92 Å². The van der Waals surface area contributed by atoms with Crippen LogP contribution in [-0.4, -0.2) is 59.0 Å². The third kappa shape index (κ3) is 8.38. The van der Waals surface area contributed by atoms with Gasteiger partial charge in [-0.15, -0.1) is 0 Å². The predicted molar refractivity (Wildman–Crippen MR) is 105 cm³/mol. The van der Waals surface area contributed by atoms with E-state index in [9.17, 15) is 10.2 Å². The maximum Gasteiger partial charge on any atom is 0.0664 e. The van der Waals surface area contributed by atoms with E-state index < -0.39 is 0 Å². The average molecular weight is 355 g/mol. The lowest BCUT2D eigenvalue weighted by Crippen LogP contribution is -2.45. The summed E-state index contributed by atoms with van der Waals surface area (Å²) < 4.78 is 0. The molecule has 0 aromatic carbocycles. The normalized spacial score (nSPS) is 23.0. The molecule has 0 aromatic heterocycles. The van der Waals surface area contributed by atoms with Crippen LogP contribution in [0.1, 0.15) is 90.4 Å². The van der Waals surface area contributed by atoms with E-state index >= 15 is 0 Å². The zero-order valence-electron chi connectivity index (χ0n) is 16.5. The third-order valence-electron chi connectivity index (χ3n) is 6.11. The molecule has 0 spiro atoms. The van der Waals surface area contributed by atoms with Crippen LogP contribution in [0.5, 0.6) is 0 Å². The molecule has 2 atom stereocenters. The van der Waals surface area contributed by atoms with E-state index in [2.05, 4.69) is 10.2 Å². The Morgan fingerprint density at radius 2 is 1.40 bits per heavy atom. The van der Waals surface area contributed by atoms with Crippen molar-refractivity contribution in [2.45, 2.75) is 115 Å². The number of aliphatic hydroxyl groups is 2. The van der Waals surface area contributed by atoms with Crippen LogP contribution in [0.25, 0.3) is 0 Å². The fourth-order valence-electron chi connectivity index (χ4n) is 4.72. The van der Waals surface area contributed by atoms with E-state index in [0.29, 0.717) is 13.1 Å². The molecule has 4 heteroatoms. The first-order chi connectivity index (χ1) is 12.2. The van der Waals surface area contributed by atoms with Crippen molar-refractivity contribution < 1.29 is 10.2 Å². The minimum absolute atomic E-state index is 0.281. The van der Waals surface area contributed by atoms with E-state index in [-0.39, 0.29) is 12.2 Å². The summed E-state index contributed by atoms with van der Waals surface area (Å²) in [6.45, 7) is 4.15. The lowest BCUT2D eigenvalue weighted by atomic mass is 9.88. The highest BCUT2D eigenvalue weighted by Gasteiger charge is 2.28. The Hall–Kier alpha value is -0.160. The van der Waals surface area contributed by atoms with Crippen molar-refractivity contribution in [1.29, 1.82) is 0 Å². The van der Waals surface area contributed by atoms with Gasteiger partial charge in [-0.05, 0) is 58.4 Å². The maximum atomic E-state index is 10.1. The largest absolute Gasteiger partial charge is 0.392 e. The summed E-state index contributed by atoms with van der Waals surface area (Å²) in [6, 6.07) is 1.66. The van der Waals surface area contributed by atoms with Gasteiger partial charge >= 0.3 is 0 Å². The Kier molecular flexibility index (Phi) is 10.4. The highest BCUT2D eigenvalue weighted by molar-refractivity contribution is 4.83. The van der Waals surface area contributed by atoms with Crippen LogP contribution in [0, 0.1) is 0 Å². The number of rotatable bonds is 11. The first-order valence-corrected chi connectivity index (χ1v) is 11.0. The molecule has 2 saturated carbocycles. The molecular weight excluding hydrogens is 312 g/mol. The molecule has 148 valence electrons. The van der Waals surface area contributed by atoms with Crippen LogP contribution in [0.3, 0.4) is 0 Å². The van der Waals surface area contributed by atoms with Crippen molar-refractivity contribution in [3.63, 3.8) is 0 Å². The summed E-state index contributed by atoms with van der Waals surface area (Å²) in [7, 11) is 0. The van der Waals surface area contributed by atoms with Crippen LogP contribution >= 0.6 is 0 Å². The molecule has 2 unspecified atom stereocenters. The van der Waals surface area contributed by atoms with Gasteiger partial charge in [-0.25, -0.2) is 0 Å². The molecule has 0 aliphatic heterocycles. The lowest BCUT2D eigenvalue weighted by Gasteiger charge is -2.42. The van der Waals surface area contributed by atoms with Gasteiger partial charge in [0.15, 0.2) is 0 Å². The number of unbranched alkanes of at least 4 members (excludes halogenated alkanes) is 1. The van der Waals surface area contributed by atoms with Crippen LogP contribution in [-0.2, 0) is 0 Å². The summed E-state index contributed by atoms with van der Waals surface area (Å²) in [4.78, 5) is 2.87. The Labute approximate surface area is 155 Å². The van der Waals surface area contributed by atoms with Crippen LogP contribution in [0.2, 0.25) is 0 Å². The van der Waals surface area contributed by atoms with Crippen molar-refractivity contribution in [2.75, 3.05) is 19.6 Å². The maximum absolute atomic E-state index is 10.1. The van der Waals surface area contributed by atoms with Gasteiger partial charge in [-0.2, -0.15) is 0 Å². The van der Waals surface area contributed by atoms with E-state index in [0.717, 1.165) is 24.9 Å². The molecule has 0 bridgehead atoms. The second kappa shape index (κ2) is 12.3. The molecule has 0 heterocycles. The Bertz CT molecular complexity index is 308. The minimum Gasteiger partial charge on any atom is -0.392 e. The number of hydrogen-bond acceptors (Lipinski definition) is 4. The van der Waals surface area contributed by atoms with Gasteiger partial charge in [0.25, 0.3) is 0 Å². The van der Waals surface area contributed by atoms with Gasteiger partial charge in [0.05, 0.1) is 12.2 Å². The summed E-state index contributed by atoms with van der Waals surface area (Å²) in [6.07, 6.45) is 16.7. The van der Waals surface area contributed by atoms with Gasteiger partial charge in [-0.1, -0.05) is 38.5 Å². The highest BCUT2D eigenvalue weighted by atomic mass is 16.3. The smallest absolute Gasteiger partial charge is 0.0664 e. The fraction of sp³-hybridized carbons (Fsp3) is 1.00. The number of nitrogens with zero attached hydrogens (tertiary/aromatic N) is 1. The van der Waals surface area contributed by atoms with Crippen LogP contribution in [0.15, 0.2) is 0 Å². The predicted octanol–water partition coefficient (Wildman–Crippen LogP) is 3.46. The molecule has 2 rings (SSSR count). The van der Waals surface area contributed by atoms with E-state index in [4.69, 9.17) is 0 Å². The molecule has 2 aliphatic carbocycles. The van der Waals surface area contributed by atoms with Crippen molar-refractivity contribution in [3.8, 4) is 0 Å². The molecular formula is C21H42N2O2. The fourth-order valence-corrected chi connectivity index (χ4v) is 4.72. The molecule has 0 saturated heterocycles. The Morgan fingerprint density at radius 3 is 1.92 bits per heavy atom. The molecule has 3 N–H and O–H groups in total. The first-order valence-electron chi connectivity index (χ1n) is 11.0. The lowest BCUT2D eigenvalue weighted by molar-refractivity contribution is 0.0766. The zero-order valence-corrected chi connectivity index (χ0v) is 16.5. The first kappa shape index (κ1) is 21.1. The third-order valence-corrected chi connectivity index (χ3v) is 6.11. The quantitative estimate of drug-likeness (QED) is 0.497. The van der Waals surface area contributed by atoms with Gasteiger partial charge in [0, 0.05) is 25.2 Å². The number of aliphatic hydroxyl groups excluding tert-OH is 2. The molecule has 4 nitrogen and oxygen atoms in total. The molecule has 2 fully saturated rings. The molecule has 0 radical (unpaired) electrons. The highest BCUT2D eigenvalue weighted by Crippen LogP contribution is 2.30. The molecule has 2 aliphatic rings. The second-order valence-corrected chi connectivity index (χ2v) is 8.48. The van der Waals surface area contributed by atoms with Crippen LogP contribution in [0.4, 0.5) is 0 Å². The molecule has 25 heavy (non-hydrogen) atoms. The standard InChI is InChI=1S/C21H42N2O2/c1-18(24)16-22-17-21(25)14-8-9-15-23(19-10-4-2-5-11-19)20-12-6-3-7-13-20/h18-22,24-25H,2-17H2,1H3. The van der Waals surface area contributed by atoms with Crippen molar-refractivity contribution >= 4 is 0 Å².